The summed E-state index contributed by atoms with van der Waals surface area (Å²) in [6.45, 7) is 12.4. The van der Waals surface area contributed by atoms with Gasteiger partial charge >= 0.3 is 0 Å². The summed E-state index contributed by atoms with van der Waals surface area (Å²) in [5, 5.41) is 0. The molecule has 94 valence electrons. The number of aromatic nitrogens is 1. The van der Waals surface area contributed by atoms with Crippen LogP contribution in [0.3, 0.4) is 0 Å². The van der Waals surface area contributed by atoms with Crippen LogP contribution in [0, 0.1) is 6.92 Å². The molecule has 0 spiro atoms. The van der Waals surface area contributed by atoms with Crippen molar-refractivity contribution in [2.75, 3.05) is 26.2 Å². The van der Waals surface area contributed by atoms with Crippen LogP contribution < -0.4 is 0 Å². The van der Waals surface area contributed by atoms with Crippen molar-refractivity contribution < 1.29 is 0 Å². The van der Waals surface area contributed by atoms with Crippen molar-refractivity contribution in [1.29, 1.82) is 0 Å². The van der Waals surface area contributed by atoms with Gasteiger partial charge in [0.15, 0.2) is 0 Å². The first-order chi connectivity index (χ1) is 8.15. The summed E-state index contributed by atoms with van der Waals surface area (Å²) < 4.78 is 0. The highest BCUT2D eigenvalue weighted by atomic mass is 15.3. The lowest BCUT2D eigenvalue weighted by molar-refractivity contribution is 0.104. The molecule has 3 heteroatoms. The van der Waals surface area contributed by atoms with Crippen LogP contribution in [0.25, 0.3) is 0 Å². The van der Waals surface area contributed by atoms with Gasteiger partial charge in [0.2, 0.25) is 0 Å². The Morgan fingerprint density at radius 1 is 1.18 bits per heavy atom. The third kappa shape index (κ3) is 3.51. The Bertz CT molecular complexity index is 354. The minimum atomic E-state index is 0.679. The van der Waals surface area contributed by atoms with Crippen molar-refractivity contribution in [3.05, 3.63) is 29.6 Å². The molecule has 1 aromatic heterocycles. The van der Waals surface area contributed by atoms with Crippen LogP contribution in [-0.4, -0.2) is 47.0 Å². The Kier molecular flexibility index (Phi) is 4.13. The lowest BCUT2D eigenvalue weighted by Gasteiger charge is -2.36. The van der Waals surface area contributed by atoms with E-state index >= 15 is 0 Å². The molecule has 3 nitrogen and oxygen atoms in total. The molecule has 1 saturated heterocycles. The lowest BCUT2D eigenvalue weighted by atomic mass is 10.2. The van der Waals surface area contributed by atoms with Crippen LogP contribution in [0.5, 0.6) is 0 Å². The molecule has 0 bridgehead atoms. The second kappa shape index (κ2) is 5.61. The molecule has 2 rings (SSSR count). The topological polar surface area (TPSA) is 19.4 Å². The zero-order valence-electron chi connectivity index (χ0n) is 11.2. The molecule has 0 atom stereocenters. The molecule has 0 aromatic carbocycles. The predicted octanol–water partition coefficient (Wildman–Crippen LogP) is 1.92. The number of pyridine rings is 1. The summed E-state index contributed by atoms with van der Waals surface area (Å²) in [5.74, 6) is 0. The van der Waals surface area contributed by atoms with Gasteiger partial charge in [-0.1, -0.05) is 6.07 Å². The van der Waals surface area contributed by atoms with E-state index in [0.717, 1.165) is 6.54 Å². The molecule has 2 heterocycles. The minimum Gasteiger partial charge on any atom is -0.298 e. The number of rotatable bonds is 3. The largest absolute Gasteiger partial charge is 0.298 e. The first-order valence-electron chi connectivity index (χ1n) is 6.52. The van der Waals surface area contributed by atoms with Gasteiger partial charge in [0.25, 0.3) is 0 Å². The monoisotopic (exact) mass is 233 g/mol. The zero-order valence-corrected chi connectivity index (χ0v) is 11.2. The highest BCUT2D eigenvalue weighted by Crippen LogP contribution is 2.10. The zero-order chi connectivity index (χ0) is 12.3. The summed E-state index contributed by atoms with van der Waals surface area (Å²) in [6.07, 6.45) is 3.90. The van der Waals surface area contributed by atoms with Gasteiger partial charge in [0.05, 0.1) is 0 Å². The normalized spacial score (nSPS) is 18.8. The molecule has 0 N–H and O–H groups in total. The number of aryl methyl sites for hydroxylation is 1. The number of hydrogen-bond donors (Lipinski definition) is 0. The Hall–Kier alpha value is -0.930. The Morgan fingerprint density at radius 2 is 1.88 bits per heavy atom. The lowest BCUT2D eigenvalue weighted by Crippen LogP contribution is -2.48. The maximum Gasteiger partial charge on any atom is 0.0313 e. The van der Waals surface area contributed by atoms with Crippen LogP contribution in [-0.2, 0) is 6.54 Å². The van der Waals surface area contributed by atoms with Crippen molar-refractivity contribution in [2.45, 2.75) is 33.4 Å². The average Bonchev–Trinajstić information content (AvgIpc) is 2.29. The molecule has 1 fully saturated rings. The van der Waals surface area contributed by atoms with E-state index in [0.29, 0.717) is 6.04 Å². The highest BCUT2D eigenvalue weighted by molar-refractivity contribution is 5.16. The van der Waals surface area contributed by atoms with E-state index < -0.39 is 0 Å². The van der Waals surface area contributed by atoms with Crippen molar-refractivity contribution in [2.24, 2.45) is 0 Å². The molecule has 0 radical (unpaired) electrons. The first kappa shape index (κ1) is 12.5. The molecule has 1 aliphatic rings. The molecule has 0 amide bonds. The van der Waals surface area contributed by atoms with E-state index in [2.05, 4.69) is 41.6 Å². The first-order valence-corrected chi connectivity index (χ1v) is 6.52. The smallest absolute Gasteiger partial charge is 0.0313 e. The fourth-order valence-corrected chi connectivity index (χ4v) is 2.40. The van der Waals surface area contributed by atoms with E-state index in [-0.39, 0.29) is 0 Å². The molecule has 0 saturated carbocycles. The van der Waals surface area contributed by atoms with E-state index in [9.17, 15) is 0 Å². The third-order valence-electron chi connectivity index (χ3n) is 3.47. The average molecular weight is 233 g/mol. The minimum absolute atomic E-state index is 0.679. The standard InChI is InChI=1S/C14H23N3/c1-12(2)17-6-4-16(5-7-17)11-14-8-13(3)9-15-10-14/h8-10,12H,4-7,11H2,1-3H3. The second-order valence-corrected chi connectivity index (χ2v) is 5.28. The predicted molar refractivity (Wildman–Crippen MR) is 71.0 cm³/mol. The van der Waals surface area contributed by atoms with Crippen LogP contribution >= 0.6 is 0 Å². The van der Waals surface area contributed by atoms with E-state index in [1.165, 1.54) is 37.3 Å². The van der Waals surface area contributed by atoms with Crippen molar-refractivity contribution in [3.8, 4) is 0 Å². The molecule has 1 aliphatic heterocycles. The molecule has 1 aromatic rings. The van der Waals surface area contributed by atoms with Crippen molar-refractivity contribution in [1.82, 2.24) is 14.8 Å². The summed E-state index contributed by atoms with van der Waals surface area (Å²) in [6, 6.07) is 2.92. The summed E-state index contributed by atoms with van der Waals surface area (Å²) >= 11 is 0. The van der Waals surface area contributed by atoms with Gasteiger partial charge in [-0.15, -0.1) is 0 Å². The summed E-state index contributed by atoms with van der Waals surface area (Å²) in [7, 11) is 0. The second-order valence-electron chi connectivity index (χ2n) is 5.28. The Balaban J connectivity index is 1.86. The molecule has 0 aliphatic carbocycles. The van der Waals surface area contributed by atoms with Gasteiger partial charge in [0, 0.05) is 51.2 Å². The number of hydrogen-bond acceptors (Lipinski definition) is 3. The summed E-state index contributed by atoms with van der Waals surface area (Å²) in [5.41, 5.74) is 2.59. The van der Waals surface area contributed by atoms with Crippen LogP contribution in [0.15, 0.2) is 18.5 Å². The van der Waals surface area contributed by atoms with Gasteiger partial charge in [-0.2, -0.15) is 0 Å². The van der Waals surface area contributed by atoms with Gasteiger partial charge < -0.3 is 0 Å². The van der Waals surface area contributed by atoms with Gasteiger partial charge in [-0.3, -0.25) is 14.8 Å². The highest BCUT2D eigenvalue weighted by Gasteiger charge is 2.18. The fraction of sp³-hybridized carbons (Fsp3) is 0.643. The maximum atomic E-state index is 4.26. The van der Waals surface area contributed by atoms with Crippen LogP contribution in [0.1, 0.15) is 25.0 Å². The van der Waals surface area contributed by atoms with E-state index in [4.69, 9.17) is 0 Å². The van der Waals surface area contributed by atoms with Crippen LogP contribution in [0.4, 0.5) is 0 Å². The number of piperazine rings is 1. The Morgan fingerprint density at radius 3 is 2.47 bits per heavy atom. The quantitative estimate of drug-likeness (QED) is 0.795. The molecular weight excluding hydrogens is 210 g/mol. The fourth-order valence-electron chi connectivity index (χ4n) is 2.40. The van der Waals surface area contributed by atoms with E-state index in [1.807, 2.05) is 12.4 Å². The van der Waals surface area contributed by atoms with Gasteiger partial charge in [0.1, 0.15) is 0 Å². The maximum absolute atomic E-state index is 4.26. The number of nitrogens with zero attached hydrogens (tertiary/aromatic N) is 3. The van der Waals surface area contributed by atoms with Crippen molar-refractivity contribution in [3.63, 3.8) is 0 Å². The van der Waals surface area contributed by atoms with E-state index in [1.54, 1.807) is 0 Å². The summed E-state index contributed by atoms with van der Waals surface area (Å²) in [4.78, 5) is 9.33. The van der Waals surface area contributed by atoms with Crippen LogP contribution in [0.2, 0.25) is 0 Å². The van der Waals surface area contributed by atoms with Gasteiger partial charge in [-0.05, 0) is 31.9 Å². The molecule has 0 unspecified atom stereocenters. The Labute approximate surface area is 104 Å². The molecule has 17 heavy (non-hydrogen) atoms. The van der Waals surface area contributed by atoms with Crippen molar-refractivity contribution >= 4 is 0 Å². The molecular formula is C14H23N3. The third-order valence-corrected chi connectivity index (χ3v) is 3.47. The SMILES string of the molecule is Cc1cncc(CN2CCN(C(C)C)CC2)c1. The van der Waals surface area contributed by atoms with Gasteiger partial charge in [-0.25, -0.2) is 0 Å².